The number of nitrogens with zero attached hydrogens (tertiary/aromatic N) is 2. The summed E-state index contributed by atoms with van der Waals surface area (Å²) in [6.45, 7) is 2.04. The van der Waals surface area contributed by atoms with Crippen LogP contribution in [0.2, 0.25) is 10.2 Å². The Morgan fingerprint density at radius 1 is 1.12 bits per heavy atom. The van der Waals surface area contributed by atoms with Gasteiger partial charge in [-0.25, -0.2) is 9.97 Å². The van der Waals surface area contributed by atoms with Crippen molar-refractivity contribution in [2.24, 2.45) is 0 Å². The molecular formula is C13H12Cl2N2. The van der Waals surface area contributed by atoms with Crippen molar-refractivity contribution in [1.82, 2.24) is 9.97 Å². The molecule has 0 aliphatic heterocycles. The summed E-state index contributed by atoms with van der Waals surface area (Å²) in [6, 6.07) is 9.48. The Labute approximate surface area is 111 Å². The third kappa shape index (κ3) is 3.42. The summed E-state index contributed by atoms with van der Waals surface area (Å²) in [5.74, 6) is 0.733. The first-order valence-corrected chi connectivity index (χ1v) is 6.19. The Bertz CT molecular complexity index is 527. The van der Waals surface area contributed by atoms with Crippen LogP contribution in [-0.2, 0) is 12.8 Å². The van der Waals surface area contributed by atoms with Gasteiger partial charge in [0.1, 0.15) is 11.0 Å². The van der Waals surface area contributed by atoms with E-state index < -0.39 is 0 Å². The summed E-state index contributed by atoms with van der Waals surface area (Å²) >= 11 is 11.9. The van der Waals surface area contributed by atoms with Gasteiger partial charge in [-0.3, -0.25) is 0 Å². The minimum Gasteiger partial charge on any atom is -0.237 e. The Kier molecular flexibility index (Phi) is 3.97. The average Bonchev–Trinajstić information content (AvgIpc) is 2.28. The van der Waals surface area contributed by atoms with Gasteiger partial charge in [-0.05, 0) is 30.2 Å². The van der Waals surface area contributed by atoms with Crippen LogP contribution in [0.1, 0.15) is 24.0 Å². The Morgan fingerprint density at radius 3 is 2.65 bits per heavy atom. The molecule has 88 valence electrons. The minimum absolute atomic E-state index is 0.494. The molecule has 2 nitrogen and oxygen atoms in total. The molecule has 0 saturated carbocycles. The SMILES string of the molecule is CCc1cc(Cl)nc(Cc2cccc(Cl)c2)n1. The van der Waals surface area contributed by atoms with Crippen LogP contribution in [-0.4, -0.2) is 9.97 Å². The van der Waals surface area contributed by atoms with Crippen molar-refractivity contribution in [3.63, 3.8) is 0 Å². The topological polar surface area (TPSA) is 25.8 Å². The van der Waals surface area contributed by atoms with Crippen LogP contribution in [0.4, 0.5) is 0 Å². The molecular weight excluding hydrogens is 255 g/mol. The minimum atomic E-state index is 0.494. The molecule has 0 fully saturated rings. The zero-order valence-corrected chi connectivity index (χ0v) is 11.0. The van der Waals surface area contributed by atoms with Crippen LogP contribution in [0, 0.1) is 0 Å². The van der Waals surface area contributed by atoms with Crippen molar-refractivity contribution in [3.05, 3.63) is 57.6 Å². The third-order valence-corrected chi connectivity index (χ3v) is 2.84. The van der Waals surface area contributed by atoms with E-state index in [1.165, 1.54) is 0 Å². The van der Waals surface area contributed by atoms with Gasteiger partial charge in [0.15, 0.2) is 0 Å². The Hall–Kier alpha value is -1.12. The molecule has 0 radical (unpaired) electrons. The summed E-state index contributed by atoms with van der Waals surface area (Å²) < 4.78 is 0. The molecule has 0 unspecified atom stereocenters. The number of hydrogen-bond donors (Lipinski definition) is 0. The van der Waals surface area contributed by atoms with Crippen LogP contribution < -0.4 is 0 Å². The van der Waals surface area contributed by atoms with Crippen molar-refractivity contribution >= 4 is 23.2 Å². The largest absolute Gasteiger partial charge is 0.237 e. The molecule has 1 aromatic carbocycles. The second kappa shape index (κ2) is 5.48. The molecule has 0 aliphatic rings. The third-order valence-electron chi connectivity index (χ3n) is 2.41. The Morgan fingerprint density at radius 2 is 1.94 bits per heavy atom. The van der Waals surface area contributed by atoms with E-state index >= 15 is 0 Å². The molecule has 0 spiro atoms. The van der Waals surface area contributed by atoms with Crippen LogP contribution in [0.5, 0.6) is 0 Å². The molecule has 4 heteroatoms. The molecule has 0 N–H and O–H groups in total. The highest BCUT2D eigenvalue weighted by atomic mass is 35.5. The van der Waals surface area contributed by atoms with Crippen molar-refractivity contribution in [1.29, 1.82) is 0 Å². The van der Waals surface area contributed by atoms with Gasteiger partial charge in [0.05, 0.1) is 0 Å². The normalized spacial score (nSPS) is 10.5. The molecule has 1 heterocycles. The predicted octanol–water partition coefficient (Wildman–Crippen LogP) is 3.94. The zero-order valence-electron chi connectivity index (χ0n) is 9.45. The van der Waals surface area contributed by atoms with E-state index in [9.17, 15) is 0 Å². The maximum atomic E-state index is 5.95. The lowest BCUT2D eigenvalue weighted by Gasteiger charge is -2.04. The number of rotatable bonds is 3. The number of aryl methyl sites for hydroxylation is 1. The first-order valence-electron chi connectivity index (χ1n) is 5.44. The van der Waals surface area contributed by atoms with Crippen molar-refractivity contribution < 1.29 is 0 Å². The van der Waals surface area contributed by atoms with Gasteiger partial charge >= 0.3 is 0 Å². The van der Waals surface area contributed by atoms with Crippen molar-refractivity contribution in [3.8, 4) is 0 Å². The zero-order chi connectivity index (χ0) is 12.3. The molecule has 0 aliphatic carbocycles. The van der Waals surface area contributed by atoms with Gasteiger partial charge < -0.3 is 0 Å². The van der Waals surface area contributed by atoms with E-state index in [1.807, 2.05) is 31.2 Å². The highest BCUT2D eigenvalue weighted by Crippen LogP contribution is 2.15. The van der Waals surface area contributed by atoms with Gasteiger partial charge in [-0.15, -0.1) is 0 Å². The summed E-state index contributed by atoms with van der Waals surface area (Å²) in [7, 11) is 0. The molecule has 17 heavy (non-hydrogen) atoms. The molecule has 0 atom stereocenters. The van der Waals surface area contributed by atoms with Crippen LogP contribution in [0.15, 0.2) is 30.3 Å². The summed E-state index contributed by atoms with van der Waals surface area (Å²) in [5, 5.41) is 1.22. The summed E-state index contributed by atoms with van der Waals surface area (Å²) in [5.41, 5.74) is 2.05. The van der Waals surface area contributed by atoms with Gasteiger partial charge in [-0.1, -0.05) is 42.3 Å². The fraction of sp³-hybridized carbons (Fsp3) is 0.231. The van der Waals surface area contributed by atoms with Crippen LogP contribution >= 0.6 is 23.2 Å². The van der Waals surface area contributed by atoms with Gasteiger partial charge in [-0.2, -0.15) is 0 Å². The standard InChI is InChI=1S/C13H12Cl2N2/c1-2-11-8-12(15)17-13(16-11)7-9-4-3-5-10(14)6-9/h3-6,8H,2,7H2,1H3. The maximum absolute atomic E-state index is 5.95. The summed E-state index contributed by atoms with van der Waals surface area (Å²) in [6.07, 6.45) is 1.50. The first-order chi connectivity index (χ1) is 8.17. The molecule has 1 aromatic heterocycles. The number of halogens is 2. The van der Waals surface area contributed by atoms with E-state index in [2.05, 4.69) is 9.97 Å². The molecule has 2 rings (SSSR count). The van der Waals surface area contributed by atoms with Crippen LogP contribution in [0.25, 0.3) is 0 Å². The lowest BCUT2D eigenvalue weighted by molar-refractivity contribution is 0.906. The highest BCUT2D eigenvalue weighted by Gasteiger charge is 2.04. The number of hydrogen-bond acceptors (Lipinski definition) is 2. The van der Waals surface area contributed by atoms with Crippen molar-refractivity contribution in [2.45, 2.75) is 19.8 Å². The van der Waals surface area contributed by atoms with Gasteiger partial charge in [0.2, 0.25) is 0 Å². The molecule has 0 saturated heterocycles. The van der Waals surface area contributed by atoms with E-state index in [0.717, 1.165) is 28.5 Å². The van der Waals surface area contributed by atoms with E-state index in [4.69, 9.17) is 23.2 Å². The summed E-state index contributed by atoms with van der Waals surface area (Å²) in [4.78, 5) is 8.66. The Balaban J connectivity index is 2.26. The van der Waals surface area contributed by atoms with E-state index in [-0.39, 0.29) is 0 Å². The molecule has 2 aromatic rings. The smallest absolute Gasteiger partial charge is 0.134 e. The quantitative estimate of drug-likeness (QED) is 0.787. The fourth-order valence-electron chi connectivity index (χ4n) is 1.61. The van der Waals surface area contributed by atoms with Crippen molar-refractivity contribution in [2.75, 3.05) is 0 Å². The van der Waals surface area contributed by atoms with E-state index in [1.54, 1.807) is 6.07 Å². The number of benzene rings is 1. The van der Waals surface area contributed by atoms with E-state index in [0.29, 0.717) is 11.6 Å². The van der Waals surface area contributed by atoms with Gasteiger partial charge in [0.25, 0.3) is 0 Å². The number of aromatic nitrogens is 2. The average molecular weight is 267 g/mol. The highest BCUT2D eigenvalue weighted by molar-refractivity contribution is 6.30. The second-order valence-corrected chi connectivity index (χ2v) is 4.58. The lowest BCUT2D eigenvalue weighted by atomic mass is 10.1. The lowest BCUT2D eigenvalue weighted by Crippen LogP contribution is -2.00. The second-order valence-electron chi connectivity index (χ2n) is 3.76. The van der Waals surface area contributed by atoms with Gasteiger partial charge in [0, 0.05) is 17.1 Å². The fourth-order valence-corrected chi connectivity index (χ4v) is 2.04. The predicted molar refractivity (Wildman–Crippen MR) is 70.7 cm³/mol. The monoisotopic (exact) mass is 266 g/mol. The first kappa shape index (κ1) is 12.3. The maximum Gasteiger partial charge on any atom is 0.134 e. The van der Waals surface area contributed by atoms with Crippen LogP contribution in [0.3, 0.4) is 0 Å². The molecule has 0 amide bonds. The molecule has 0 bridgehead atoms.